The van der Waals surface area contributed by atoms with Crippen LogP contribution in [0.3, 0.4) is 0 Å². The minimum Gasteiger partial charge on any atom is -0.477 e. The molecule has 6 aromatic rings. The Hall–Kier alpha value is -7.51. The average Bonchev–Trinajstić information content (AvgIpc) is 1.56. The zero-order chi connectivity index (χ0) is 90.6. The molecule has 15 rings (SSSR count). The minimum absolute atomic E-state index is 0.0123. The number of fused-ring (bicyclic) bond motifs is 3. The predicted molar refractivity (Wildman–Crippen MR) is 500 cm³/mol. The summed E-state index contributed by atoms with van der Waals surface area (Å²) in [5.74, 6) is -1.12. The molecule has 12 atom stereocenters. The number of likely N-dealkylation sites (tertiary alicyclic amines) is 3. The number of hydrogen-bond donors (Lipinski definition) is 5. The van der Waals surface area contributed by atoms with Gasteiger partial charge in [0.15, 0.2) is 15.5 Å². The molecule has 0 aliphatic carbocycles. The number of nitrogens with zero attached hydrogens (tertiary/aromatic N) is 11. The summed E-state index contributed by atoms with van der Waals surface area (Å²) in [6, 6.07) is 45.1. The molecular weight excluding hydrogens is 1760 g/mol. The summed E-state index contributed by atoms with van der Waals surface area (Å²) < 4.78 is 10.7. The number of amidine groups is 3. The van der Waals surface area contributed by atoms with Gasteiger partial charge >= 0.3 is 18.2 Å². The second-order valence-electron chi connectivity index (χ2n) is 35.9. The van der Waals surface area contributed by atoms with Crippen molar-refractivity contribution in [3.05, 3.63) is 241 Å². The molecule has 0 unspecified atom stereocenters. The van der Waals surface area contributed by atoms with Gasteiger partial charge in [0.2, 0.25) is 0 Å². The van der Waals surface area contributed by atoms with Crippen molar-refractivity contribution in [3.8, 4) is 0 Å². The second kappa shape index (κ2) is 38.0. The number of aliphatic imine (C=N–C) groups is 3. The fraction of sp³-hybridized carbons (Fsp3) is 0.457. The number of nitrogens with one attached hydrogen (secondary N) is 1. The highest BCUT2D eigenvalue weighted by Crippen LogP contribution is 2.60. The Morgan fingerprint density at radius 3 is 0.984 bits per heavy atom. The summed E-state index contributed by atoms with van der Waals surface area (Å²) in [5, 5.41) is 50.0. The number of halogens is 6. The number of benzene rings is 6. The molecule has 6 aromatic carbocycles. The van der Waals surface area contributed by atoms with Crippen molar-refractivity contribution in [1.29, 1.82) is 0 Å². The first-order chi connectivity index (χ1) is 58.2. The van der Waals surface area contributed by atoms with E-state index in [1.807, 2.05) is 187 Å². The fourth-order valence-corrected chi connectivity index (χ4v) is 22.1. The van der Waals surface area contributed by atoms with Gasteiger partial charge in [0.1, 0.15) is 42.5 Å². The van der Waals surface area contributed by atoms with E-state index in [0.717, 1.165) is 60.8 Å². The van der Waals surface area contributed by atoms with Gasteiger partial charge in [-0.05, 0) is 236 Å². The summed E-state index contributed by atoms with van der Waals surface area (Å²) in [4.78, 5) is 96.3. The van der Waals surface area contributed by atoms with Crippen LogP contribution in [0.1, 0.15) is 155 Å². The van der Waals surface area contributed by atoms with E-state index >= 15 is 0 Å². The Morgan fingerprint density at radius 2 is 0.710 bits per heavy atom. The standard InChI is InChI=1S/C32H38Cl2N4O4S.C28H32Cl2N4O2S.C22H20Cl2N2O2S.C10H20N2O3/c1-18(2)25-26(28(40)36(7)23-16-37(17-24(23)39)30(41)42-31(3,4)5)43-29-35-32(6,20-10-14-22(34)15-11-20)27(38(25)29)19-8-12-21(33)13-9-19;1-16(2)23-24(26(36)33(5)21-14-32(4)15-22(21)35)37-27-31-28(3,18-8-12-20(30)13-9-18)25(34(23)27)17-6-10-19(29)11-7-17;1-12(2)17-18(20(27)28)29-21-25-22(3,14-6-10-16(24)11-7-14)19(26(17)21)13-4-8-15(23)9-5-13;1-10(2,3)15-9(14)12-5-7(11-4)8(13)6-12/h8-15,18,23-24,27,39H,16-17H2,1-7H3;6-13,16,21-22,25,35H,14-15H2,1-5H3;4-12,19H,1-3H3,(H,27,28);7-8,11,13H,5-6H2,1-4H3/t23-,24-,27+,32-;21-,22-,25+,28-;19-,22+;7-,8-/m0010/s1. The van der Waals surface area contributed by atoms with Crippen molar-refractivity contribution in [2.45, 2.75) is 186 Å². The molecule has 0 radical (unpaired) electrons. The van der Waals surface area contributed by atoms with E-state index in [-0.39, 0.29) is 79.0 Å². The van der Waals surface area contributed by atoms with Crippen LogP contribution in [0.5, 0.6) is 0 Å². The SMILES string of the molecule is CC(C)C1=C(C(=O)N(C)[C@H]2CN(C(=O)OC(C)(C)C)C[C@@H]2O)SC2=N[C@@](C)(c3ccc(Cl)cc3)[C@@H](c3ccc(Cl)cc3)N21.CC(C)C1=C(C(=O)N(C)[C@H]2CN(C)C[C@@H]2O)SC2=N[C@@](C)(c3ccc(Cl)cc3)[C@@H](c3ccc(Cl)cc3)N21.CC(C)C1=C(C(=O)O)SC2=N[C@@](C)(c3ccc(Cl)cc3)[C@@H](c3ccc(Cl)cc3)N21.CN[C@H]1CN(C(=O)OC(C)(C)C)C[C@@H]1O. The number of aliphatic hydroxyl groups excluding tert-OH is 3. The topological polar surface area (TPSA) is 260 Å². The molecule has 0 saturated carbocycles. The largest absolute Gasteiger partial charge is 0.477 e. The van der Waals surface area contributed by atoms with Crippen LogP contribution < -0.4 is 5.32 Å². The van der Waals surface area contributed by atoms with E-state index < -0.39 is 64.2 Å². The van der Waals surface area contributed by atoms with Gasteiger partial charge in [0.05, 0.1) is 67.7 Å². The Bertz CT molecular complexity index is 5190. The molecule has 32 heteroatoms. The predicted octanol–water partition coefficient (Wildman–Crippen LogP) is 18.6. The van der Waals surface area contributed by atoms with Gasteiger partial charge in [0.25, 0.3) is 11.8 Å². The number of amides is 4. The summed E-state index contributed by atoms with van der Waals surface area (Å²) in [6.45, 7) is 31.9. The number of carbonyl (C=O) groups is 5. The summed E-state index contributed by atoms with van der Waals surface area (Å²) in [5.41, 5.74) is 5.76. The van der Waals surface area contributed by atoms with Gasteiger partial charge in [0, 0.05) is 87.5 Å². The molecule has 124 heavy (non-hydrogen) atoms. The molecule has 9 heterocycles. The zero-order valence-electron chi connectivity index (χ0n) is 73.1. The number of allylic oxidation sites excluding steroid dienone is 3. The number of likely N-dealkylation sites (N-methyl/N-ethyl adjacent to an activating group) is 4. The number of thioether (sulfide) groups is 3. The van der Waals surface area contributed by atoms with Crippen molar-refractivity contribution >= 4 is 150 Å². The Balaban J connectivity index is 0.000000158. The molecule has 0 spiro atoms. The Labute approximate surface area is 770 Å². The van der Waals surface area contributed by atoms with Crippen molar-refractivity contribution in [2.24, 2.45) is 32.7 Å². The molecule has 3 saturated heterocycles. The van der Waals surface area contributed by atoms with Crippen LogP contribution in [0.25, 0.3) is 0 Å². The van der Waals surface area contributed by atoms with E-state index in [4.69, 9.17) is 94.1 Å². The summed E-state index contributed by atoms with van der Waals surface area (Å²) in [7, 11) is 7.21. The highest BCUT2D eigenvalue weighted by molar-refractivity contribution is 8.18. The molecule has 0 aromatic heterocycles. The molecule has 664 valence electrons. The molecule has 4 amide bonds. The lowest BCUT2D eigenvalue weighted by Gasteiger charge is -2.37. The number of aliphatic hydroxyl groups is 3. The lowest BCUT2D eigenvalue weighted by Crippen LogP contribution is -2.45. The first-order valence-corrected chi connectivity index (χ1v) is 46.0. The highest BCUT2D eigenvalue weighted by atomic mass is 35.5. The summed E-state index contributed by atoms with van der Waals surface area (Å²) >= 11 is 41.2. The Kier molecular flexibility index (Phi) is 29.3. The number of carboxylic acids is 1. The van der Waals surface area contributed by atoms with Crippen LogP contribution in [0.4, 0.5) is 9.59 Å². The third-order valence-corrected chi connectivity index (χ3v) is 28.1. The second-order valence-corrected chi connectivity index (χ2v) is 41.4. The van der Waals surface area contributed by atoms with Gasteiger partial charge in [-0.2, -0.15) is 0 Å². The zero-order valence-corrected chi connectivity index (χ0v) is 80.1. The van der Waals surface area contributed by atoms with Crippen LogP contribution >= 0.6 is 105 Å². The Morgan fingerprint density at radius 1 is 0.435 bits per heavy atom. The monoisotopic (exact) mass is 1860 g/mol. The van der Waals surface area contributed by atoms with Crippen LogP contribution in [-0.2, 0) is 40.5 Å². The number of carboxylic acid groups (broad SMARTS) is 1. The molecule has 5 N–H and O–H groups in total. The maximum Gasteiger partial charge on any atom is 0.410 e. The number of aliphatic carboxylic acids is 1. The van der Waals surface area contributed by atoms with Crippen LogP contribution in [0.2, 0.25) is 30.1 Å². The number of ether oxygens (including phenoxy) is 2. The lowest BCUT2D eigenvalue weighted by molar-refractivity contribution is -0.132. The smallest absolute Gasteiger partial charge is 0.410 e. The number of rotatable bonds is 15. The fourth-order valence-electron chi connectivity index (χ4n) is 17.3. The minimum atomic E-state index is -0.918. The van der Waals surface area contributed by atoms with E-state index in [1.54, 1.807) is 51.7 Å². The van der Waals surface area contributed by atoms with Crippen LogP contribution in [0, 0.1) is 17.8 Å². The highest BCUT2D eigenvalue weighted by Gasteiger charge is 2.58. The number of β-amino-alcohol motifs (C(OH)–C–C–N with tert-alkyl or cyclic N) is 3. The van der Waals surface area contributed by atoms with Crippen molar-refractivity contribution < 1.29 is 53.9 Å². The molecule has 3 fully saturated rings. The third kappa shape index (κ3) is 20.0. The van der Waals surface area contributed by atoms with Crippen LogP contribution in [-0.4, -0.2) is 220 Å². The molecule has 9 aliphatic rings. The van der Waals surface area contributed by atoms with Crippen molar-refractivity contribution in [1.82, 2.24) is 44.5 Å². The molecule has 0 bridgehead atoms. The van der Waals surface area contributed by atoms with E-state index in [2.05, 4.69) is 73.4 Å². The lowest BCUT2D eigenvalue weighted by atomic mass is 9.81. The molecule has 9 aliphatic heterocycles. The maximum absolute atomic E-state index is 14.2. The first kappa shape index (κ1) is 95.6. The van der Waals surface area contributed by atoms with Gasteiger partial charge in [-0.25, -0.2) is 29.4 Å². The average molecular weight is 1870 g/mol. The third-order valence-electron chi connectivity index (χ3n) is 23.4. The van der Waals surface area contributed by atoms with Gasteiger partial charge in [-0.3, -0.25) is 9.59 Å². The van der Waals surface area contributed by atoms with Gasteiger partial charge in [-0.1, -0.05) is 184 Å². The molecular formula is C92H110Cl6N12O11S3. The first-order valence-electron chi connectivity index (χ1n) is 41.3. The normalized spacial score (nSPS) is 25.8. The van der Waals surface area contributed by atoms with Gasteiger partial charge < -0.3 is 74.4 Å². The molecule has 23 nitrogen and oxygen atoms in total. The number of hydrogen-bond acceptors (Lipinski definition) is 21. The van der Waals surface area contributed by atoms with E-state index in [9.17, 15) is 44.4 Å². The quantitative estimate of drug-likeness (QED) is 0.0640. The summed E-state index contributed by atoms with van der Waals surface area (Å²) in [6.07, 6.45) is -2.85. The van der Waals surface area contributed by atoms with Crippen molar-refractivity contribution in [2.75, 3.05) is 67.5 Å². The van der Waals surface area contributed by atoms with E-state index in [0.29, 0.717) is 76.2 Å². The van der Waals surface area contributed by atoms with Gasteiger partial charge in [-0.15, -0.1) is 0 Å². The van der Waals surface area contributed by atoms with Crippen LogP contribution in [0.15, 0.2) is 192 Å². The maximum atomic E-state index is 14.2. The number of carbonyl (C=O) groups excluding carboxylic acids is 4. The van der Waals surface area contributed by atoms with E-state index in [1.165, 1.54) is 45.1 Å². The van der Waals surface area contributed by atoms with Crippen molar-refractivity contribution in [3.63, 3.8) is 0 Å².